The number of aromatic nitrogens is 1. The van der Waals surface area contributed by atoms with Crippen molar-refractivity contribution in [1.29, 1.82) is 0 Å². The average molecular weight is 369 g/mol. The highest BCUT2D eigenvalue weighted by Gasteiger charge is 2.30. The number of pyridine rings is 1. The van der Waals surface area contributed by atoms with E-state index in [0.717, 1.165) is 43.6 Å². The number of carboxylic acids is 1. The minimum atomic E-state index is -1.15. The minimum Gasteiger partial charge on any atom is -0.477 e. The second-order valence-electron chi connectivity index (χ2n) is 8.00. The van der Waals surface area contributed by atoms with Crippen LogP contribution in [0.2, 0.25) is 0 Å². The zero-order valence-corrected chi connectivity index (χ0v) is 16.2. The molecule has 2 aromatic rings. The van der Waals surface area contributed by atoms with Crippen LogP contribution >= 0.6 is 0 Å². The van der Waals surface area contributed by atoms with Crippen LogP contribution in [0.5, 0.6) is 0 Å². The number of carboxylic acid groups (broad SMARTS) is 1. The fourth-order valence-electron chi connectivity index (χ4n) is 4.24. The highest BCUT2D eigenvalue weighted by molar-refractivity contribution is 5.93. The SMILES string of the molecule is CCC1CN(c2ccc3c(=O)c(C(=O)O)cn(C4CC4)c3c2)CC(C)N1C. The third-order valence-corrected chi connectivity index (χ3v) is 6.21. The van der Waals surface area contributed by atoms with Crippen LogP contribution in [0, 0.1) is 0 Å². The predicted molar refractivity (Wildman–Crippen MR) is 107 cm³/mol. The van der Waals surface area contributed by atoms with Crippen LogP contribution in [0.4, 0.5) is 5.69 Å². The first-order chi connectivity index (χ1) is 12.9. The quantitative estimate of drug-likeness (QED) is 0.898. The van der Waals surface area contributed by atoms with E-state index in [0.29, 0.717) is 23.5 Å². The van der Waals surface area contributed by atoms with Gasteiger partial charge in [0, 0.05) is 48.5 Å². The molecule has 0 radical (unpaired) electrons. The number of benzene rings is 1. The number of carbonyl (C=O) groups is 1. The summed E-state index contributed by atoms with van der Waals surface area (Å²) >= 11 is 0. The summed E-state index contributed by atoms with van der Waals surface area (Å²) in [7, 11) is 2.19. The first-order valence-corrected chi connectivity index (χ1v) is 9.79. The van der Waals surface area contributed by atoms with Gasteiger partial charge in [-0.25, -0.2) is 4.79 Å². The third kappa shape index (κ3) is 3.12. The van der Waals surface area contributed by atoms with Crippen molar-refractivity contribution < 1.29 is 9.90 Å². The van der Waals surface area contributed by atoms with Crippen molar-refractivity contribution in [3.05, 3.63) is 40.2 Å². The van der Waals surface area contributed by atoms with E-state index >= 15 is 0 Å². The average Bonchev–Trinajstić information content (AvgIpc) is 3.48. The molecular weight excluding hydrogens is 342 g/mol. The van der Waals surface area contributed by atoms with Gasteiger partial charge in [0.05, 0.1) is 5.52 Å². The van der Waals surface area contributed by atoms with Gasteiger partial charge in [-0.15, -0.1) is 0 Å². The molecule has 1 aromatic heterocycles. The first kappa shape index (κ1) is 18.0. The van der Waals surface area contributed by atoms with Crippen molar-refractivity contribution in [2.24, 2.45) is 0 Å². The van der Waals surface area contributed by atoms with Gasteiger partial charge in [0.25, 0.3) is 0 Å². The van der Waals surface area contributed by atoms with Gasteiger partial charge in [-0.05, 0) is 51.4 Å². The van der Waals surface area contributed by atoms with E-state index < -0.39 is 5.97 Å². The number of aromatic carboxylic acids is 1. The Bertz CT molecular complexity index is 948. The maximum Gasteiger partial charge on any atom is 0.341 e. The molecule has 2 atom stereocenters. The molecule has 1 saturated heterocycles. The lowest BCUT2D eigenvalue weighted by Gasteiger charge is -2.44. The number of rotatable bonds is 4. The van der Waals surface area contributed by atoms with E-state index in [1.165, 1.54) is 6.20 Å². The summed E-state index contributed by atoms with van der Waals surface area (Å²) in [6.45, 7) is 6.37. The molecule has 2 heterocycles. The summed E-state index contributed by atoms with van der Waals surface area (Å²) in [5.74, 6) is -1.15. The van der Waals surface area contributed by atoms with Gasteiger partial charge < -0.3 is 14.6 Å². The van der Waals surface area contributed by atoms with Crippen molar-refractivity contribution in [3.63, 3.8) is 0 Å². The molecule has 0 bridgehead atoms. The lowest BCUT2D eigenvalue weighted by atomic mass is 10.0. The van der Waals surface area contributed by atoms with Crippen molar-refractivity contribution in [2.75, 3.05) is 25.0 Å². The third-order valence-electron chi connectivity index (χ3n) is 6.21. The number of hydrogen-bond donors (Lipinski definition) is 1. The standard InChI is InChI=1S/C21H27N3O3/c1-4-14-11-23(10-13(2)22(14)3)16-7-8-17-19(9-16)24(15-5-6-15)12-18(20(17)25)21(26)27/h7-9,12-15H,4-6,10-11H2,1-3H3,(H,26,27). The van der Waals surface area contributed by atoms with Gasteiger partial charge in [0.15, 0.2) is 0 Å². The maximum atomic E-state index is 12.6. The van der Waals surface area contributed by atoms with Crippen molar-refractivity contribution in [3.8, 4) is 0 Å². The summed E-state index contributed by atoms with van der Waals surface area (Å²) in [6.07, 6.45) is 4.70. The normalized spacial score (nSPS) is 23.7. The Morgan fingerprint density at radius 1 is 1.26 bits per heavy atom. The molecule has 2 fully saturated rings. The minimum absolute atomic E-state index is 0.138. The molecule has 1 aliphatic carbocycles. The number of nitrogens with zero attached hydrogens (tertiary/aromatic N) is 3. The summed E-state index contributed by atoms with van der Waals surface area (Å²) in [5, 5.41) is 9.89. The maximum absolute atomic E-state index is 12.6. The molecular formula is C21H27N3O3. The van der Waals surface area contributed by atoms with E-state index in [-0.39, 0.29) is 11.0 Å². The van der Waals surface area contributed by atoms with Gasteiger partial charge >= 0.3 is 5.97 Å². The van der Waals surface area contributed by atoms with Gasteiger partial charge in [-0.1, -0.05) is 6.92 Å². The van der Waals surface area contributed by atoms with E-state index in [4.69, 9.17) is 0 Å². The first-order valence-electron chi connectivity index (χ1n) is 9.79. The Balaban J connectivity index is 1.80. The Labute approximate surface area is 159 Å². The Hall–Kier alpha value is -2.34. The summed E-state index contributed by atoms with van der Waals surface area (Å²) < 4.78 is 2.00. The summed E-state index contributed by atoms with van der Waals surface area (Å²) in [4.78, 5) is 29.0. The monoisotopic (exact) mass is 369 g/mol. The molecule has 0 spiro atoms. The Kier molecular flexibility index (Phi) is 4.46. The molecule has 144 valence electrons. The largest absolute Gasteiger partial charge is 0.477 e. The molecule has 2 unspecified atom stereocenters. The fraction of sp³-hybridized carbons (Fsp3) is 0.524. The number of likely N-dealkylation sites (N-methyl/N-ethyl adjacent to an activating group) is 1. The number of anilines is 1. The highest BCUT2D eigenvalue weighted by atomic mass is 16.4. The van der Waals surface area contributed by atoms with Crippen molar-refractivity contribution in [2.45, 2.75) is 51.2 Å². The van der Waals surface area contributed by atoms with Gasteiger partial charge in [-0.3, -0.25) is 9.69 Å². The molecule has 6 heteroatoms. The fourth-order valence-corrected chi connectivity index (χ4v) is 4.24. The summed E-state index contributed by atoms with van der Waals surface area (Å²) in [6, 6.07) is 7.12. The van der Waals surface area contributed by atoms with Gasteiger partial charge in [0.2, 0.25) is 5.43 Å². The van der Waals surface area contributed by atoms with Crippen molar-refractivity contribution >= 4 is 22.6 Å². The van der Waals surface area contributed by atoms with Crippen LogP contribution in [0.3, 0.4) is 0 Å². The Morgan fingerprint density at radius 2 is 2.00 bits per heavy atom. The number of hydrogen-bond acceptors (Lipinski definition) is 4. The van der Waals surface area contributed by atoms with E-state index in [1.807, 2.05) is 16.7 Å². The van der Waals surface area contributed by atoms with Crippen LogP contribution in [-0.4, -0.2) is 52.8 Å². The molecule has 1 aliphatic heterocycles. The van der Waals surface area contributed by atoms with Crippen LogP contribution in [0.15, 0.2) is 29.2 Å². The van der Waals surface area contributed by atoms with E-state index in [9.17, 15) is 14.7 Å². The zero-order chi connectivity index (χ0) is 19.3. The van der Waals surface area contributed by atoms with Gasteiger partial charge in [-0.2, -0.15) is 0 Å². The zero-order valence-electron chi connectivity index (χ0n) is 16.2. The Morgan fingerprint density at radius 3 is 2.63 bits per heavy atom. The number of piperazine rings is 1. The van der Waals surface area contributed by atoms with Crippen molar-refractivity contribution in [1.82, 2.24) is 9.47 Å². The topological polar surface area (TPSA) is 65.8 Å². The molecule has 1 saturated carbocycles. The lowest BCUT2D eigenvalue weighted by molar-refractivity contribution is 0.0695. The molecule has 0 amide bonds. The molecule has 1 aromatic carbocycles. The van der Waals surface area contributed by atoms with E-state index in [2.05, 4.69) is 36.8 Å². The van der Waals surface area contributed by atoms with Gasteiger partial charge in [0.1, 0.15) is 5.56 Å². The van der Waals surface area contributed by atoms with E-state index in [1.54, 1.807) is 0 Å². The molecule has 6 nitrogen and oxygen atoms in total. The highest BCUT2D eigenvalue weighted by Crippen LogP contribution is 2.38. The number of fused-ring (bicyclic) bond motifs is 1. The summed E-state index contributed by atoms with van der Waals surface area (Å²) in [5.41, 5.74) is 1.43. The molecule has 27 heavy (non-hydrogen) atoms. The predicted octanol–water partition coefficient (Wildman–Crippen LogP) is 2.95. The molecule has 2 aliphatic rings. The smallest absolute Gasteiger partial charge is 0.341 e. The van der Waals surface area contributed by atoms with Crippen LogP contribution in [0.25, 0.3) is 10.9 Å². The lowest BCUT2D eigenvalue weighted by Crippen LogP contribution is -2.56. The van der Waals surface area contributed by atoms with Crippen LogP contribution in [0.1, 0.15) is 49.5 Å². The van der Waals surface area contributed by atoms with Crippen LogP contribution < -0.4 is 10.3 Å². The second-order valence-corrected chi connectivity index (χ2v) is 8.00. The molecule has 4 rings (SSSR count). The second kappa shape index (κ2) is 6.68. The van der Waals surface area contributed by atoms with Crippen LogP contribution in [-0.2, 0) is 0 Å². The molecule has 1 N–H and O–H groups in total.